The van der Waals surface area contributed by atoms with Crippen LogP contribution >= 0.6 is 0 Å². The highest BCUT2D eigenvalue weighted by Gasteiger charge is 2.31. The average molecular weight is 444 g/mol. The van der Waals surface area contributed by atoms with Gasteiger partial charge in [-0.15, -0.1) is 0 Å². The Morgan fingerprint density at radius 2 is 1.48 bits per heavy atom. The Labute approximate surface area is 190 Å². The maximum absolute atomic E-state index is 13.8. The zero-order chi connectivity index (χ0) is 23.5. The van der Waals surface area contributed by atoms with E-state index in [0.29, 0.717) is 11.3 Å². The molecular weight excluding hydrogens is 423 g/mol. The number of halogens is 1. The van der Waals surface area contributed by atoms with Gasteiger partial charge in [-0.3, -0.25) is 0 Å². The van der Waals surface area contributed by atoms with E-state index in [9.17, 15) is 14.0 Å². The van der Waals surface area contributed by atoms with E-state index in [1.807, 2.05) is 25.1 Å². The highest BCUT2D eigenvalue weighted by molar-refractivity contribution is 6.06. The Hall–Kier alpha value is -4.26. The minimum atomic E-state index is -0.718. The summed E-state index contributed by atoms with van der Waals surface area (Å²) in [6, 6.07) is 20.7. The monoisotopic (exact) mass is 444 g/mol. The lowest BCUT2D eigenvalue weighted by Crippen LogP contribution is -2.15. The van der Waals surface area contributed by atoms with Crippen molar-refractivity contribution in [2.75, 3.05) is 14.2 Å². The van der Waals surface area contributed by atoms with Crippen molar-refractivity contribution >= 4 is 11.9 Å². The number of methoxy groups -OCH3 is 2. The van der Waals surface area contributed by atoms with Crippen LogP contribution in [-0.2, 0) is 9.47 Å². The van der Waals surface area contributed by atoms with Crippen LogP contribution in [0.1, 0.15) is 26.4 Å². The van der Waals surface area contributed by atoms with Gasteiger partial charge < -0.3 is 9.47 Å². The summed E-state index contributed by atoms with van der Waals surface area (Å²) in [5.74, 6) is -1.75. The summed E-state index contributed by atoms with van der Waals surface area (Å²) < 4.78 is 25.0. The normalized spacial score (nSPS) is 10.7. The fourth-order valence-corrected chi connectivity index (χ4v) is 3.67. The number of esters is 2. The van der Waals surface area contributed by atoms with Gasteiger partial charge in [0.05, 0.1) is 19.9 Å². The molecule has 1 heterocycles. The molecule has 4 aromatic rings. The largest absolute Gasteiger partial charge is 0.465 e. The predicted molar refractivity (Wildman–Crippen MR) is 122 cm³/mol. The van der Waals surface area contributed by atoms with Crippen molar-refractivity contribution in [1.82, 2.24) is 9.78 Å². The van der Waals surface area contributed by atoms with E-state index in [1.54, 1.807) is 42.5 Å². The fraction of sp³-hybridized carbons (Fsp3) is 0.115. The smallest absolute Gasteiger partial charge is 0.357 e. The molecule has 0 atom stereocenters. The Kier molecular flexibility index (Phi) is 6.04. The number of rotatable bonds is 5. The Balaban J connectivity index is 1.90. The fourth-order valence-electron chi connectivity index (χ4n) is 3.67. The molecule has 0 aliphatic rings. The van der Waals surface area contributed by atoms with Crippen molar-refractivity contribution in [2.45, 2.75) is 6.92 Å². The highest BCUT2D eigenvalue weighted by Crippen LogP contribution is 2.32. The first kappa shape index (κ1) is 22.0. The number of aryl methyl sites for hydroxylation is 1. The zero-order valence-electron chi connectivity index (χ0n) is 18.3. The molecule has 0 saturated heterocycles. The van der Waals surface area contributed by atoms with Crippen molar-refractivity contribution in [1.29, 1.82) is 0 Å². The van der Waals surface area contributed by atoms with Gasteiger partial charge in [0.1, 0.15) is 17.1 Å². The number of aromatic nitrogens is 2. The molecule has 0 fully saturated rings. The molecule has 33 heavy (non-hydrogen) atoms. The molecule has 166 valence electrons. The van der Waals surface area contributed by atoms with Crippen LogP contribution in [0.2, 0.25) is 0 Å². The van der Waals surface area contributed by atoms with Gasteiger partial charge in [-0.05, 0) is 47.9 Å². The third-order valence-electron chi connectivity index (χ3n) is 5.32. The zero-order valence-corrected chi connectivity index (χ0v) is 18.3. The maximum Gasteiger partial charge on any atom is 0.357 e. The van der Waals surface area contributed by atoms with Gasteiger partial charge in [-0.25, -0.2) is 18.7 Å². The van der Waals surface area contributed by atoms with Crippen LogP contribution in [0, 0.1) is 12.7 Å². The van der Waals surface area contributed by atoms with E-state index >= 15 is 0 Å². The second-order valence-corrected chi connectivity index (χ2v) is 7.34. The molecule has 0 bridgehead atoms. The molecule has 0 aliphatic heterocycles. The van der Waals surface area contributed by atoms with E-state index in [1.165, 1.54) is 31.0 Å². The lowest BCUT2D eigenvalue weighted by Gasteiger charge is -2.08. The van der Waals surface area contributed by atoms with Crippen molar-refractivity contribution < 1.29 is 23.5 Å². The van der Waals surface area contributed by atoms with Crippen LogP contribution in [0.5, 0.6) is 0 Å². The minimum Gasteiger partial charge on any atom is -0.465 e. The molecule has 3 aromatic carbocycles. The first-order chi connectivity index (χ1) is 15.9. The second kappa shape index (κ2) is 9.08. The molecule has 0 amide bonds. The maximum atomic E-state index is 13.8. The van der Waals surface area contributed by atoms with E-state index in [2.05, 4.69) is 5.10 Å². The van der Waals surface area contributed by atoms with Crippen molar-refractivity contribution in [3.63, 3.8) is 0 Å². The molecule has 0 unspecified atom stereocenters. The summed E-state index contributed by atoms with van der Waals surface area (Å²) in [4.78, 5) is 25.4. The number of ether oxygens (including phenoxy) is 2. The number of benzene rings is 3. The molecule has 0 saturated carbocycles. The Morgan fingerprint density at radius 3 is 2.12 bits per heavy atom. The first-order valence-corrected chi connectivity index (χ1v) is 10.2. The average Bonchev–Trinajstić information content (AvgIpc) is 3.26. The molecule has 4 rings (SSSR count). The van der Waals surface area contributed by atoms with Gasteiger partial charge in [0, 0.05) is 5.56 Å². The number of para-hydroxylation sites is 1. The molecule has 1 aromatic heterocycles. The Bertz CT molecular complexity index is 1330. The van der Waals surface area contributed by atoms with E-state index < -0.39 is 11.9 Å². The predicted octanol–water partition coefficient (Wildman–Crippen LogP) is 5.23. The molecule has 0 spiro atoms. The number of hydrogen-bond acceptors (Lipinski definition) is 5. The van der Waals surface area contributed by atoms with Crippen LogP contribution in [-0.4, -0.2) is 35.9 Å². The third-order valence-corrected chi connectivity index (χ3v) is 5.32. The van der Waals surface area contributed by atoms with E-state index in [0.717, 1.165) is 16.7 Å². The number of hydrogen-bond donors (Lipinski definition) is 0. The Morgan fingerprint density at radius 1 is 0.848 bits per heavy atom. The van der Waals surface area contributed by atoms with Gasteiger partial charge in [-0.2, -0.15) is 5.10 Å². The molecule has 0 aliphatic carbocycles. The summed E-state index contributed by atoms with van der Waals surface area (Å²) in [5, 5.41) is 4.58. The molecular formula is C26H21FN2O4. The summed E-state index contributed by atoms with van der Waals surface area (Å²) >= 11 is 0. The summed E-state index contributed by atoms with van der Waals surface area (Å²) in [6.45, 7) is 1.90. The molecule has 0 radical (unpaired) electrons. The number of carbonyl (C=O) groups excluding carboxylic acids is 2. The van der Waals surface area contributed by atoms with E-state index in [-0.39, 0.29) is 22.8 Å². The number of nitrogens with zero attached hydrogens (tertiary/aromatic N) is 2. The van der Waals surface area contributed by atoms with Crippen LogP contribution in [0.3, 0.4) is 0 Å². The van der Waals surface area contributed by atoms with Gasteiger partial charge in [0.25, 0.3) is 0 Å². The lowest BCUT2D eigenvalue weighted by molar-refractivity contribution is 0.0549. The summed E-state index contributed by atoms with van der Waals surface area (Å²) in [7, 11) is 2.48. The molecule has 6 nitrogen and oxygen atoms in total. The summed E-state index contributed by atoms with van der Waals surface area (Å²) in [5.41, 5.74) is 3.92. The topological polar surface area (TPSA) is 70.4 Å². The van der Waals surface area contributed by atoms with Crippen LogP contribution in [0.15, 0.2) is 72.8 Å². The third kappa shape index (κ3) is 4.13. The van der Waals surface area contributed by atoms with Crippen LogP contribution in [0.4, 0.5) is 4.39 Å². The first-order valence-electron chi connectivity index (χ1n) is 10.2. The quantitative estimate of drug-likeness (QED) is 0.395. The van der Waals surface area contributed by atoms with Gasteiger partial charge in [-0.1, -0.05) is 48.5 Å². The second-order valence-electron chi connectivity index (χ2n) is 7.34. The van der Waals surface area contributed by atoms with Crippen molar-refractivity contribution in [3.8, 4) is 28.1 Å². The summed E-state index contributed by atoms with van der Waals surface area (Å²) in [6.07, 6.45) is 0. The highest BCUT2D eigenvalue weighted by atomic mass is 19.1. The van der Waals surface area contributed by atoms with Crippen molar-refractivity contribution in [3.05, 3.63) is 95.4 Å². The van der Waals surface area contributed by atoms with Gasteiger partial charge in [0.2, 0.25) is 0 Å². The SMILES string of the molecule is COC(=O)c1c(-c2ccc(-c3cc(F)ccc3C)cc2)nn(-c2ccccc2)c1C(=O)OC. The minimum absolute atomic E-state index is 0.00268. The van der Waals surface area contributed by atoms with Gasteiger partial charge in [0.15, 0.2) is 5.69 Å². The molecule has 0 N–H and O–H groups in total. The lowest BCUT2D eigenvalue weighted by atomic mass is 9.98. The van der Waals surface area contributed by atoms with Crippen LogP contribution in [0.25, 0.3) is 28.1 Å². The standard InChI is InChI=1S/C26H21FN2O4/c1-16-9-14-19(27)15-21(16)17-10-12-18(13-11-17)23-22(25(30)32-2)24(26(31)33-3)29(28-23)20-7-5-4-6-8-20/h4-15H,1-3H3. The van der Waals surface area contributed by atoms with E-state index in [4.69, 9.17) is 9.47 Å². The van der Waals surface area contributed by atoms with Gasteiger partial charge >= 0.3 is 11.9 Å². The number of carbonyl (C=O) groups is 2. The van der Waals surface area contributed by atoms with Crippen molar-refractivity contribution in [2.24, 2.45) is 0 Å². The van der Waals surface area contributed by atoms with Crippen LogP contribution < -0.4 is 0 Å². The molecule has 7 heteroatoms.